The van der Waals surface area contributed by atoms with Crippen LogP contribution in [0.5, 0.6) is 0 Å². The normalized spacial score (nSPS) is 18.3. The van der Waals surface area contributed by atoms with Crippen LogP contribution in [-0.4, -0.2) is 67.9 Å². The molecule has 1 aromatic carbocycles. The van der Waals surface area contributed by atoms with Crippen molar-refractivity contribution in [2.45, 2.75) is 46.1 Å². The molecule has 2 heterocycles. The van der Waals surface area contributed by atoms with Gasteiger partial charge in [0.05, 0.1) is 19.1 Å². The summed E-state index contributed by atoms with van der Waals surface area (Å²) in [5, 5.41) is 12.7. The monoisotopic (exact) mass is 558 g/mol. The lowest BCUT2D eigenvalue weighted by atomic mass is 9.97. The third-order valence-corrected chi connectivity index (χ3v) is 6.33. The van der Waals surface area contributed by atoms with Gasteiger partial charge in [-0.2, -0.15) is 0 Å². The number of guanidine groups is 1. The number of hydrogen-bond acceptors (Lipinski definition) is 5. The van der Waals surface area contributed by atoms with Crippen molar-refractivity contribution in [3.63, 3.8) is 0 Å². The largest absolute Gasteiger partial charge is 0.466 e. The SMILES string of the molecule is CCNC(=NCc1ccc(N2CCC(CO)CC2)cc1)N1CCC(C(=O)OCC)CC1.I. The van der Waals surface area contributed by atoms with Gasteiger partial charge in [0.15, 0.2) is 5.96 Å². The van der Waals surface area contributed by atoms with Crippen molar-refractivity contribution >= 4 is 41.6 Å². The van der Waals surface area contributed by atoms with Crippen molar-refractivity contribution in [3.05, 3.63) is 29.8 Å². The third-order valence-electron chi connectivity index (χ3n) is 6.33. The molecule has 0 bridgehead atoms. The fraction of sp³-hybridized carbons (Fsp3) is 0.667. The Kier molecular flexibility index (Phi) is 11.6. The number of benzene rings is 1. The number of carbonyl (C=O) groups excluding carboxylic acids is 1. The van der Waals surface area contributed by atoms with Gasteiger partial charge in [-0.15, -0.1) is 24.0 Å². The topological polar surface area (TPSA) is 77.4 Å². The van der Waals surface area contributed by atoms with E-state index in [1.165, 1.54) is 11.3 Å². The number of piperidine rings is 2. The summed E-state index contributed by atoms with van der Waals surface area (Å²) in [5.74, 6) is 1.32. The summed E-state index contributed by atoms with van der Waals surface area (Å²) in [5.41, 5.74) is 2.43. The van der Waals surface area contributed by atoms with E-state index in [0.29, 0.717) is 25.7 Å². The Morgan fingerprint density at radius 3 is 2.31 bits per heavy atom. The molecule has 7 nitrogen and oxygen atoms in total. The first-order valence-corrected chi connectivity index (χ1v) is 11.8. The number of aliphatic imine (C=N–C) groups is 1. The van der Waals surface area contributed by atoms with Crippen LogP contribution >= 0.6 is 24.0 Å². The van der Waals surface area contributed by atoms with Crippen LogP contribution in [0.2, 0.25) is 0 Å². The number of ether oxygens (including phenoxy) is 1. The second-order valence-corrected chi connectivity index (χ2v) is 8.46. The van der Waals surface area contributed by atoms with E-state index in [-0.39, 0.29) is 35.9 Å². The van der Waals surface area contributed by atoms with Gasteiger partial charge in [-0.3, -0.25) is 4.79 Å². The summed E-state index contributed by atoms with van der Waals surface area (Å²) in [4.78, 5) is 21.5. The highest BCUT2D eigenvalue weighted by Gasteiger charge is 2.27. The first-order valence-electron chi connectivity index (χ1n) is 11.8. The number of likely N-dealkylation sites (tertiary alicyclic amines) is 1. The second-order valence-electron chi connectivity index (χ2n) is 8.46. The van der Waals surface area contributed by atoms with Gasteiger partial charge in [0.1, 0.15) is 0 Å². The minimum Gasteiger partial charge on any atom is -0.466 e. The van der Waals surface area contributed by atoms with E-state index in [1.54, 1.807) is 0 Å². The third kappa shape index (κ3) is 7.50. The fourth-order valence-electron chi connectivity index (χ4n) is 4.37. The Bertz CT molecular complexity index is 712. The summed E-state index contributed by atoms with van der Waals surface area (Å²) in [6.45, 7) is 9.79. The van der Waals surface area contributed by atoms with Gasteiger partial charge in [-0.1, -0.05) is 12.1 Å². The highest BCUT2D eigenvalue weighted by Crippen LogP contribution is 2.24. The summed E-state index contributed by atoms with van der Waals surface area (Å²) >= 11 is 0. The first-order chi connectivity index (χ1) is 15.1. The van der Waals surface area contributed by atoms with Crippen LogP contribution in [0.3, 0.4) is 0 Å². The van der Waals surface area contributed by atoms with E-state index in [4.69, 9.17) is 9.73 Å². The Morgan fingerprint density at radius 1 is 1.09 bits per heavy atom. The lowest BCUT2D eigenvalue weighted by molar-refractivity contribution is -0.149. The van der Waals surface area contributed by atoms with Gasteiger partial charge in [0.25, 0.3) is 0 Å². The molecule has 0 amide bonds. The van der Waals surface area contributed by atoms with Crippen molar-refractivity contribution in [3.8, 4) is 0 Å². The van der Waals surface area contributed by atoms with E-state index in [1.807, 2.05) is 6.92 Å². The molecule has 32 heavy (non-hydrogen) atoms. The molecule has 0 spiro atoms. The van der Waals surface area contributed by atoms with E-state index in [9.17, 15) is 9.90 Å². The summed E-state index contributed by atoms with van der Waals surface area (Å²) in [7, 11) is 0. The van der Waals surface area contributed by atoms with Gasteiger partial charge >= 0.3 is 5.97 Å². The van der Waals surface area contributed by atoms with Crippen LogP contribution in [0.1, 0.15) is 45.1 Å². The number of nitrogens with zero attached hydrogens (tertiary/aromatic N) is 3. The number of halogens is 1. The van der Waals surface area contributed by atoms with Gasteiger partial charge in [-0.25, -0.2) is 4.99 Å². The molecular formula is C24H39IN4O3. The standard InChI is InChI=1S/C24H38N4O3.HI/c1-3-25-24(28-15-11-21(12-16-28)23(30)31-4-2)26-17-19-5-7-22(8-6-19)27-13-9-20(18-29)10-14-27;/h5-8,20-21,29H,3-4,9-18H2,1-2H3,(H,25,26);1H. The Balaban J connectivity index is 0.00000363. The molecule has 2 aliphatic heterocycles. The zero-order chi connectivity index (χ0) is 22.1. The zero-order valence-corrected chi connectivity index (χ0v) is 21.8. The van der Waals surface area contributed by atoms with Gasteiger partial charge in [0.2, 0.25) is 0 Å². The molecule has 180 valence electrons. The van der Waals surface area contributed by atoms with Crippen molar-refractivity contribution in [2.75, 3.05) is 50.8 Å². The molecule has 8 heteroatoms. The van der Waals surface area contributed by atoms with Gasteiger partial charge < -0.3 is 25.0 Å². The number of rotatable bonds is 7. The molecule has 3 rings (SSSR count). The molecule has 0 unspecified atom stereocenters. The molecule has 2 fully saturated rings. The summed E-state index contributed by atoms with van der Waals surface area (Å²) < 4.78 is 5.18. The van der Waals surface area contributed by atoms with E-state index in [2.05, 4.69) is 46.3 Å². The van der Waals surface area contributed by atoms with E-state index < -0.39 is 0 Å². The molecule has 2 N–H and O–H groups in total. The number of hydrogen-bond donors (Lipinski definition) is 2. The molecule has 0 saturated carbocycles. The first kappa shape index (κ1) is 26.7. The summed E-state index contributed by atoms with van der Waals surface area (Å²) in [6.07, 6.45) is 3.73. The molecular weight excluding hydrogens is 519 g/mol. The minimum atomic E-state index is -0.0650. The van der Waals surface area contributed by atoms with Crippen molar-refractivity contribution in [1.82, 2.24) is 10.2 Å². The molecule has 0 aliphatic carbocycles. The Labute approximate surface area is 209 Å². The van der Waals surface area contributed by atoms with Crippen LogP contribution in [-0.2, 0) is 16.1 Å². The number of anilines is 1. The lowest BCUT2D eigenvalue weighted by Crippen LogP contribution is -2.46. The average molecular weight is 559 g/mol. The Hall–Kier alpha value is -1.55. The van der Waals surface area contributed by atoms with Crippen LogP contribution in [0.4, 0.5) is 5.69 Å². The van der Waals surface area contributed by atoms with Crippen LogP contribution in [0.15, 0.2) is 29.3 Å². The Morgan fingerprint density at radius 2 is 1.75 bits per heavy atom. The second kappa shape index (κ2) is 13.9. The van der Waals surface area contributed by atoms with E-state index in [0.717, 1.165) is 64.4 Å². The number of carbonyl (C=O) groups is 1. The van der Waals surface area contributed by atoms with Gasteiger partial charge in [-0.05, 0) is 63.1 Å². The number of esters is 1. The van der Waals surface area contributed by atoms with Crippen LogP contribution in [0.25, 0.3) is 0 Å². The predicted molar refractivity (Wildman–Crippen MR) is 140 cm³/mol. The highest BCUT2D eigenvalue weighted by molar-refractivity contribution is 14.0. The smallest absolute Gasteiger partial charge is 0.309 e. The number of aliphatic hydroxyl groups excluding tert-OH is 1. The minimum absolute atomic E-state index is 0. The molecule has 2 aliphatic rings. The quantitative estimate of drug-likeness (QED) is 0.232. The van der Waals surface area contributed by atoms with Crippen molar-refractivity contribution in [2.24, 2.45) is 16.8 Å². The fourth-order valence-corrected chi connectivity index (χ4v) is 4.37. The molecule has 0 radical (unpaired) electrons. The van der Waals surface area contributed by atoms with E-state index >= 15 is 0 Å². The summed E-state index contributed by atoms with van der Waals surface area (Å²) in [6, 6.07) is 8.69. The number of aliphatic hydroxyl groups is 1. The average Bonchev–Trinajstić information content (AvgIpc) is 2.82. The molecule has 0 aromatic heterocycles. The maximum Gasteiger partial charge on any atom is 0.309 e. The molecule has 0 atom stereocenters. The van der Waals surface area contributed by atoms with Crippen LogP contribution < -0.4 is 10.2 Å². The van der Waals surface area contributed by atoms with Crippen molar-refractivity contribution < 1.29 is 14.6 Å². The van der Waals surface area contributed by atoms with Crippen molar-refractivity contribution in [1.29, 1.82) is 0 Å². The maximum atomic E-state index is 12.0. The highest BCUT2D eigenvalue weighted by atomic mass is 127. The molecule has 1 aromatic rings. The predicted octanol–water partition coefficient (Wildman–Crippen LogP) is 3.25. The molecule has 2 saturated heterocycles. The van der Waals surface area contributed by atoms with Crippen LogP contribution in [0, 0.1) is 11.8 Å². The zero-order valence-electron chi connectivity index (χ0n) is 19.5. The van der Waals surface area contributed by atoms with Gasteiger partial charge in [0, 0.05) is 45.0 Å². The maximum absolute atomic E-state index is 12.0. The number of nitrogens with one attached hydrogen (secondary N) is 1. The lowest BCUT2D eigenvalue weighted by Gasteiger charge is -2.33.